The molecule has 1 aromatic carbocycles. The van der Waals surface area contributed by atoms with E-state index in [9.17, 15) is 0 Å². The summed E-state index contributed by atoms with van der Waals surface area (Å²) in [6.45, 7) is 4.90. The number of hydrogen-bond donors (Lipinski definition) is 1. The van der Waals surface area contributed by atoms with Crippen LogP contribution in [0.1, 0.15) is 29.9 Å². The van der Waals surface area contributed by atoms with E-state index in [1.54, 1.807) is 6.20 Å². The van der Waals surface area contributed by atoms with Gasteiger partial charge in [-0.05, 0) is 31.2 Å². The van der Waals surface area contributed by atoms with Gasteiger partial charge < -0.3 is 5.32 Å². The largest absolute Gasteiger partial charge is 0.305 e. The summed E-state index contributed by atoms with van der Waals surface area (Å²) in [6.07, 6.45) is 5.46. The molecule has 4 nitrogen and oxygen atoms in total. The number of nitrogens with zero attached hydrogens (tertiary/aromatic N) is 3. The minimum absolute atomic E-state index is 0.0366. The van der Waals surface area contributed by atoms with Crippen molar-refractivity contribution in [1.82, 2.24) is 20.3 Å². The monoisotopic (exact) mass is 278 g/mol. The second-order valence-corrected chi connectivity index (χ2v) is 5.03. The second kappa shape index (κ2) is 5.97. The molecular formula is C17H18N4. The lowest BCUT2D eigenvalue weighted by Crippen LogP contribution is -2.23. The first-order chi connectivity index (χ1) is 10.3. The van der Waals surface area contributed by atoms with Crippen LogP contribution in [-0.2, 0) is 0 Å². The number of nitrogens with one attached hydrogen (secondary N) is 1. The van der Waals surface area contributed by atoms with Crippen LogP contribution in [0.4, 0.5) is 0 Å². The Bertz CT molecular complexity index is 737. The van der Waals surface area contributed by atoms with Crippen LogP contribution in [0.25, 0.3) is 10.9 Å². The Labute approximate surface area is 124 Å². The predicted octanol–water partition coefficient (Wildman–Crippen LogP) is 3.03. The molecule has 21 heavy (non-hydrogen) atoms. The minimum atomic E-state index is 0.0366. The lowest BCUT2D eigenvalue weighted by Gasteiger charge is -2.18. The number of pyridine rings is 1. The molecule has 0 amide bonds. The van der Waals surface area contributed by atoms with E-state index in [2.05, 4.69) is 51.5 Å². The summed E-state index contributed by atoms with van der Waals surface area (Å²) in [4.78, 5) is 13.3. The number of rotatable bonds is 4. The van der Waals surface area contributed by atoms with E-state index >= 15 is 0 Å². The van der Waals surface area contributed by atoms with Gasteiger partial charge in [0.2, 0.25) is 0 Å². The molecule has 0 spiro atoms. The third-order valence-corrected chi connectivity index (χ3v) is 3.47. The van der Waals surface area contributed by atoms with Crippen molar-refractivity contribution in [3.63, 3.8) is 0 Å². The molecule has 0 aliphatic rings. The third kappa shape index (κ3) is 2.90. The van der Waals surface area contributed by atoms with Crippen molar-refractivity contribution >= 4 is 10.9 Å². The van der Waals surface area contributed by atoms with Crippen molar-refractivity contribution in [2.75, 3.05) is 6.54 Å². The lowest BCUT2D eigenvalue weighted by atomic mass is 10.0. The zero-order chi connectivity index (χ0) is 14.7. The van der Waals surface area contributed by atoms with Crippen LogP contribution in [-0.4, -0.2) is 21.5 Å². The molecule has 1 unspecified atom stereocenters. The molecule has 0 saturated heterocycles. The van der Waals surface area contributed by atoms with E-state index < -0.39 is 0 Å². The van der Waals surface area contributed by atoms with Gasteiger partial charge in [-0.3, -0.25) is 15.0 Å². The van der Waals surface area contributed by atoms with Crippen molar-refractivity contribution in [2.24, 2.45) is 0 Å². The van der Waals surface area contributed by atoms with E-state index in [4.69, 9.17) is 0 Å². The molecule has 0 aliphatic carbocycles. The van der Waals surface area contributed by atoms with E-state index in [-0.39, 0.29) is 6.04 Å². The molecule has 0 bridgehead atoms. The van der Waals surface area contributed by atoms with Crippen molar-refractivity contribution in [3.8, 4) is 0 Å². The topological polar surface area (TPSA) is 50.7 Å². The van der Waals surface area contributed by atoms with Crippen molar-refractivity contribution < 1.29 is 0 Å². The molecular weight excluding hydrogens is 260 g/mol. The van der Waals surface area contributed by atoms with Crippen LogP contribution in [0.3, 0.4) is 0 Å². The highest BCUT2D eigenvalue weighted by atomic mass is 14.9. The summed E-state index contributed by atoms with van der Waals surface area (Å²) in [5.41, 5.74) is 4.01. The average Bonchev–Trinajstić information content (AvgIpc) is 2.53. The number of aromatic nitrogens is 3. The van der Waals surface area contributed by atoms with Gasteiger partial charge in [-0.1, -0.05) is 25.1 Å². The van der Waals surface area contributed by atoms with E-state index in [1.807, 2.05) is 25.4 Å². The maximum Gasteiger partial charge on any atom is 0.0801 e. The maximum atomic E-state index is 4.51. The van der Waals surface area contributed by atoms with E-state index in [0.29, 0.717) is 0 Å². The Hall–Kier alpha value is -2.33. The van der Waals surface area contributed by atoms with Gasteiger partial charge in [-0.25, -0.2) is 0 Å². The highest BCUT2D eigenvalue weighted by Gasteiger charge is 2.15. The molecule has 3 aromatic rings. The predicted molar refractivity (Wildman–Crippen MR) is 84.0 cm³/mol. The maximum absolute atomic E-state index is 4.51. The average molecular weight is 278 g/mol. The molecule has 4 heteroatoms. The SMILES string of the molecule is CCNC(c1ccc2cccnc2c1)c1cnc(C)cn1. The van der Waals surface area contributed by atoms with Gasteiger partial charge in [0.1, 0.15) is 0 Å². The standard InChI is InChI=1S/C17H18N4/c1-3-18-17(16-11-20-12(2)10-21-16)14-7-6-13-5-4-8-19-15(13)9-14/h4-11,17-18H,3H2,1-2H3. The molecule has 0 fully saturated rings. The molecule has 106 valence electrons. The van der Waals surface area contributed by atoms with Crippen molar-refractivity contribution in [3.05, 3.63) is 65.9 Å². The third-order valence-electron chi connectivity index (χ3n) is 3.47. The normalized spacial score (nSPS) is 12.5. The highest BCUT2D eigenvalue weighted by Crippen LogP contribution is 2.23. The number of fused-ring (bicyclic) bond motifs is 1. The summed E-state index contributed by atoms with van der Waals surface area (Å²) >= 11 is 0. The number of hydrogen-bond acceptors (Lipinski definition) is 4. The highest BCUT2D eigenvalue weighted by molar-refractivity contribution is 5.79. The fourth-order valence-corrected chi connectivity index (χ4v) is 2.41. The van der Waals surface area contributed by atoms with Gasteiger partial charge in [0.15, 0.2) is 0 Å². The van der Waals surface area contributed by atoms with Crippen LogP contribution in [0.15, 0.2) is 48.9 Å². The molecule has 0 aliphatic heterocycles. The first-order valence-corrected chi connectivity index (χ1v) is 7.14. The summed E-state index contributed by atoms with van der Waals surface area (Å²) in [7, 11) is 0. The van der Waals surface area contributed by atoms with Gasteiger partial charge in [-0.2, -0.15) is 0 Å². The summed E-state index contributed by atoms with van der Waals surface area (Å²) in [6, 6.07) is 10.4. The quantitative estimate of drug-likeness (QED) is 0.797. The Balaban J connectivity index is 2.04. The smallest absolute Gasteiger partial charge is 0.0801 e. The van der Waals surface area contributed by atoms with Gasteiger partial charge >= 0.3 is 0 Å². The van der Waals surface area contributed by atoms with Crippen LogP contribution >= 0.6 is 0 Å². The van der Waals surface area contributed by atoms with E-state index in [1.165, 1.54) is 0 Å². The van der Waals surface area contributed by atoms with Crippen LogP contribution in [0, 0.1) is 6.92 Å². The second-order valence-electron chi connectivity index (χ2n) is 5.03. The Morgan fingerprint density at radius 1 is 1.10 bits per heavy atom. The first-order valence-electron chi connectivity index (χ1n) is 7.14. The van der Waals surface area contributed by atoms with Gasteiger partial charge in [0.25, 0.3) is 0 Å². The van der Waals surface area contributed by atoms with Crippen molar-refractivity contribution in [2.45, 2.75) is 19.9 Å². The van der Waals surface area contributed by atoms with E-state index in [0.717, 1.165) is 34.4 Å². The van der Waals surface area contributed by atoms with Crippen LogP contribution < -0.4 is 5.32 Å². The van der Waals surface area contributed by atoms with Crippen molar-refractivity contribution in [1.29, 1.82) is 0 Å². The molecule has 3 rings (SSSR count). The molecule has 1 N–H and O–H groups in total. The summed E-state index contributed by atoms with van der Waals surface area (Å²) < 4.78 is 0. The lowest BCUT2D eigenvalue weighted by molar-refractivity contribution is 0.612. The number of aryl methyl sites for hydroxylation is 1. The van der Waals surface area contributed by atoms with Gasteiger partial charge in [-0.15, -0.1) is 0 Å². The Kier molecular flexibility index (Phi) is 3.88. The summed E-state index contributed by atoms with van der Waals surface area (Å²) in [5.74, 6) is 0. The van der Waals surface area contributed by atoms with Crippen LogP contribution in [0.5, 0.6) is 0 Å². The fraction of sp³-hybridized carbons (Fsp3) is 0.235. The number of benzene rings is 1. The molecule has 1 atom stereocenters. The first kappa shape index (κ1) is 13.6. The Morgan fingerprint density at radius 3 is 2.76 bits per heavy atom. The van der Waals surface area contributed by atoms with Crippen LogP contribution in [0.2, 0.25) is 0 Å². The Morgan fingerprint density at radius 2 is 2.00 bits per heavy atom. The van der Waals surface area contributed by atoms with Gasteiger partial charge in [0.05, 0.1) is 29.1 Å². The fourth-order valence-electron chi connectivity index (χ4n) is 2.41. The minimum Gasteiger partial charge on any atom is -0.305 e. The van der Waals surface area contributed by atoms with Gasteiger partial charge in [0, 0.05) is 17.8 Å². The molecule has 2 heterocycles. The zero-order valence-electron chi connectivity index (χ0n) is 12.2. The zero-order valence-corrected chi connectivity index (χ0v) is 12.2. The summed E-state index contributed by atoms with van der Waals surface area (Å²) in [5, 5.41) is 4.61. The molecule has 0 saturated carbocycles. The molecule has 2 aromatic heterocycles. The molecule has 0 radical (unpaired) electrons.